The van der Waals surface area contributed by atoms with E-state index < -0.39 is 18.3 Å². The highest BCUT2D eigenvalue weighted by Crippen LogP contribution is 2.37. The van der Waals surface area contributed by atoms with Gasteiger partial charge in [0.05, 0.1) is 36.8 Å². The molecular formula is C27H23F3N6O. The van der Waals surface area contributed by atoms with E-state index in [9.17, 15) is 18.0 Å². The summed E-state index contributed by atoms with van der Waals surface area (Å²) < 4.78 is 40.2. The predicted molar refractivity (Wildman–Crippen MR) is 134 cm³/mol. The van der Waals surface area contributed by atoms with Gasteiger partial charge in [0.1, 0.15) is 0 Å². The van der Waals surface area contributed by atoms with Crippen molar-refractivity contribution in [2.45, 2.75) is 38.0 Å². The number of rotatable bonds is 7. The Balaban J connectivity index is 1.52. The van der Waals surface area contributed by atoms with Crippen LogP contribution in [0.1, 0.15) is 35.2 Å². The van der Waals surface area contributed by atoms with E-state index >= 15 is 0 Å². The smallest absolute Gasteiger partial charge is 0.382 e. The monoisotopic (exact) mass is 504 g/mol. The van der Waals surface area contributed by atoms with Gasteiger partial charge in [-0.1, -0.05) is 6.07 Å². The van der Waals surface area contributed by atoms with Crippen LogP contribution >= 0.6 is 0 Å². The molecule has 2 N–H and O–H groups in total. The minimum atomic E-state index is -4.27. The standard InChI is InChI=1S/C27H23F3N6O/c1-17-13-19(3-4-21(17)25(37)35-26(31-2)7-8-26)23-15-34-24-22(33-12-9-27(28,29)30)14-20(16-36(23)24)18-5-10-32-11-6-18/h3-6,10-11,13-16,33H,7-9,12H2,1H3,(H,35,37). The number of carbonyl (C=O) groups excluding carboxylic acids is 1. The number of aromatic nitrogens is 3. The molecule has 0 spiro atoms. The van der Waals surface area contributed by atoms with Crippen molar-refractivity contribution in [3.05, 3.63) is 83.7 Å². The minimum Gasteiger partial charge on any atom is -0.382 e. The molecule has 0 atom stereocenters. The third kappa shape index (κ3) is 5.11. The number of pyridine rings is 2. The first kappa shape index (κ1) is 24.3. The molecule has 10 heteroatoms. The fourth-order valence-electron chi connectivity index (χ4n) is 4.21. The molecule has 37 heavy (non-hydrogen) atoms. The fourth-order valence-corrected chi connectivity index (χ4v) is 4.21. The van der Waals surface area contributed by atoms with Gasteiger partial charge in [-0.15, -0.1) is 0 Å². The van der Waals surface area contributed by atoms with E-state index in [2.05, 4.69) is 25.4 Å². The molecule has 5 rings (SSSR count). The average Bonchev–Trinajstić information content (AvgIpc) is 3.51. The molecule has 1 aromatic carbocycles. The summed E-state index contributed by atoms with van der Waals surface area (Å²) in [5, 5.41) is 5.71. The Labute approximate surface area is 211 Å². The summed E-state index contributed by atoms with van der Waals surface area (Å²) in [6.45, 7) is 8.83. The largest absolute Gasteiger partial charge is 0.390 e. The van der Waals surface area contributed by atoms with Crippen molar-refractivity contribution < 1.29 is 18.0 Å². The van der Waals surface area contributed by atoms with Crippen LogP contribution in [0, 0.1) is 13.5 Å². The maximum atomic E-state index is 12.8. The first-order chi connectivity index (χ1) is 17.7. The summed E-state index contributed by atoms with van der Waals surface area (Å²) in [6, 6.07) is 10.8. The summed E-state index contributed by atoms with van der Waals surface area (Å²) >= 11 is 0. The number of nitrogens with zero attached hydrogens (tertiary/aromatic N) is 4. The molecule has 1 saturated carbocycles. The molecule has 188 valence electrons. The topological polar surface area (TPSA) is 75.7 Å². The Morgan fingerprint density at radius 2 is 1.89 bits per heavy atom. The van der Waals surface area contributed by atoms with Crippen LogP contribution in [-0.4, -0.2) is 38.7 Å². The highest BCUT2D eigenvalue weighted by atomic mass is 19.4. The molecule has 1 aliphatic carbocycles. The Hall–Kier alpha value is -4.39. The summed E-state index contributed by atoms with van der Waals surface area (Å²) in [5.41, 5.74) is 4.56. The number of carbonyl (C=O) groups is 1. The molecule has 4 aromatic rings. The van der Waals surface area contributed by atoms with E-state index in [-0.39, 0.29) is 12.5 Å². The van der Waals surface area contributed by atoms with Crippen molar-refractivity contribution in [2.75, 3.05) is 11.9 Å². The Bertz CT molecular complexity index is 1520. The maximum absolute atomic E-state index is 12.8. The molecule has 0 radical (unpaired) electrons. The third-order valence-electron chi connectivity index (χ3n) is 6.39. The van der Waals surface area contributed by atoms with Crippen LogP contribution < -0.4 is 10.6 Å². The Morgan fingerprint density at radius 1 is 1.14 bits per heavy atom. The lowest BCUT2D eigenvalue weighted by Crippen LogP contribution is -2.34. The third-order valence-corrected chi connectivity index (χ3v) is 6.39. The quantitative estimate of drug-likeness (QED) is 0.309. The second-order valence-corrected chi connectivity index (χ2v) is 9.13. The van der Waals surface area contributed by atoms with Crippen LogP contribution in [0.2, 0.25) is 0 Å². The first-order valence-corrected chi connectivity index (χ1v) is 11.7. The van der Waals surface area contributed by atoms with Crippen molar-refractivity contribution in [2.24, 2.45) is 0 Å². The van der Waals surface area contributed by atoms with Crippen LogP contribution in [0.25, 0.3) is 32.9 Å². The molecule has 7 nitrogen and oxygen atoms in total. The summed E-state index contributed by atoms with van der Waals surface area (Å²) in [4.78, 5) is 24.8. The number of hydrogen-bond acceptors (Lipinski definition) is 4. The van der Waals surface area contributed by atoms with Crippen molar-refractivity contribution >= 4 is 17.2 Å². The second-order valence-electron chi connectivity index (χ2n) is 9.13. The number of nitrogens with one attached hydrogen (secondary N) is 2. The number of hydrogen-bond donors (Lipinski definition) is 2. The average molecular weight is 505 g/mol. The number of halogens is 3. The maximum Gasteiger partial charge on any atom is 0.390 e. The van der Waals surface area contributed by atoms with E-state index in [0.717, 1.165) is 27.9 Å². The van der Waals surface area contributed by atoms with Gasteiger partial charge in [0.2, 0.25) is 0 Å². The van der Waals surface area contributed by atoms with Gasteiger partial charge in [0.25, 0.3) is 5.91 Å². The molecule has 0 saturated heterocycles. The number of amides is 1. The van der Waals surface area contributed by atoms with Crippen molar-refractivity contribution in [1.82, 2.24) is 19.7 Å². The molecule has 3 aromatic heterocycles. The van der Waals surface area contributed by atoms with Crippen LogP contribution in [0.5, 0.6) is 0 Å². The van der Waals surface area contributed by atoms with Gasteiger partial charge < -0.3 is 5.32 Å². The molecule has 0 bridgehead atoms. The van der Waals surface area contributed by atoms with Gasteiger partial charge in [0.15, 0.2) is 5.65 Å². The zero-order valence-electron chi connectivity index (χ0n) is 19.9. The number of alkyl halides is 3. The highest BCUT2D eigenvalue weighted by Gasteiger charge is 2.52. The predicted octanol–water partition coefficient (Wildman–Crippen LogP) is 5.88. The van der Waals surface area contributed by atoms with Crippen LogP contribution in [-0.2, 0) is 0 Å². The van der Waals surface area contributed by atoms with Gasteiger partial charge in [-0.05, 0) is 48.4 Å². The van der Waals surface area contributed by atoms with E-state index in [1.165, 1.54) is 0 Å². The van der Waals surface area contributed by atoms with Crippen molar-refractivity contribution in [1.29, 1.82) is 0 Å². The second kappa shape index (κ2) is 9.24. The Kier molecular flexibility index (Phi) is 6.07. The first-order valence-electron chi connectivity index (χ1n) is 11.7. The minimum absolute atomic E-state index is 0.282. The van der Waals surface area contributed by atoms with E-state index in [4.69, 9.17) is 6.57 Å². The molecular weight excluding hydrogens is 481 g/mol. The van der Waals surface area contributed by atoms with Gasteiger partial charge in [0, 0.05) is 41.8 Å². The van der Waals surface area contributed by atoms with E-state index in [1.54, 1.807) is 36.8 Å². The van der Waals surface area contributed by atoms with E-state index in [1.807, 2.05) is 35.7 Å². The number of fused-ring (bicyclic) bond motifs is 1. The SMILES string of the molecule is [C-]#[N+]C1(NC(=O)c2ccc(-c3cnc4c(NCCC(F)(F)F)cc(-c5ccncc5)cn34)cc2C)CC1. The van der Waals surface area contributed by atoms with Gasteiger partial charge >= 0.3 is 11.8 Å². The van der Waals surface area contributed by atoms with Gasteiger partial charge in [-0.2, -0.15) is 13.2 Å². The lowest BCUT2D eigenvalue weighted by Gasteiger charge is -2.14. The van der Waals surface area contributed by atoms with Crippen LogP contribution in [0.4, 0.5) is 18.9 Å². The lowest BCUT2D eigenvalue weighted by atomic mass is 10.0. The zero-order chi connectivity index (χ0) is 26.2. The number of aryl methyl sites for hydroxylation is 1. The molecule has 3 heterocycles. The van der Waals surface area contributed by atoms with Gasteiger partial charge in [-0.25, -0.2) is 11.6 Å². The zero-order valence-corrected chi connectivity index (χ0v) is 19.9. The number of imidazole rings is 1. The number of benzene rings is 1. The van der Waals surface area contributed by atoms with Crippen LogP contribution in [0.3, 0.4) is 0 Å². The lowest BCUT2D eigenvalue weighted by molar-refractivity contribution is -0.131. The molecule has 0 unspecified atom stereocenters. The van der Waals surface area contributed by atoms with Crippen molar-refractivity contribution in [3.8, 4) is 22.4 Å². The molecule has 1 fully saturated rings. The van der Waals surface area contributed by atoms with E-state index in [0.29, 0.717) is 29.7 Å². The highest BCUT2D eigenvalue weighted by molar-refractivity contribution is 5.97. The molecule has 1 amide bonds. The summed E-state index contributed by atoms with van der Waals surface area (Å²) in [6.07, 6.45) is 2.91. The summed E-state index contributed by atoms with van der Waals surface area (Å²) in [5.74, 6) is -0.285. The Morgan fingerprint density at radius 3 is 2.54 bits per heavy atom. The summed E-state index contributed by atoms with van der Waals surface area (Å²) in [7, 11) is 0. The van der Waals surface area contributed by atoms with Gasteiger partial charge in [-0.3, -0.25) is 24.3 Å². The fraction of sp³-hybridized carbons (Fsp3) is 0.259. The van der Waals surface area contributed by atoms with Crippen LogP contribution in [0.15, 0.2) is 61.2 Å². The molecule has 1 aliphatic rings. The van der Waals surface area contributed by atoms with Crippen molar-refractivity contribution in [3.63, 3.8) is 0 Å². The normalized spacial score (nSPS) is 14.2. The molecule has 0 aliphatic heterocycles. The number of anilines is 1.